The number of carbonyl (C=O) groups excluding carboxylic acids is 1. The fourth-order valence-electron chi connectivity index (χ4n) is 3.35. The summed E-state index contributed by atoms with van der Waals surface area (Å²) >= 11 is 0. The summed E-state index contributed by atoms with van der Waals surface area (Å²) in [6, 6.07) is 11.3. The summed E-state index contributed by atoms with van der Waals surface area (Å²) in [5, 5.41) is 6.29. The smallest absolute Gasteiger partial charge is 0.222 e. The number of aliphatic imine (C=N–C) groups is 1. The van der Waals surface area contributed by atoms with Gasteiger partial charge in [-0.15, -0.1) is 24.0 Å². The van der Waals surface area contributed by atoms with Crippen LogP contribution in [-0.4, -0.2) is 43.0 Å². The van der Waals surface area contributed by atoms with Crippen molar-refractivity contribution in [2.45, 2.75) is 32.9 Å². The van der Waals surface area contributed by atoms with Gasteiger partial charge in [0.2, 0.25) is 5.91 Å². The monoisotopic (exact) mass is 558 g/mol. The number of amides is 1. The number of guanidine groups is 1. The van der Waals surface area contributed by atoms with E-state index >= 15 is 0 Å². The van der Waals surface area contributed by atoms with Gasteiger partial charge < -0.3 is 20.3 Å². The Morgan fingerprint density at radius 2 is 1.97 bits per heavy atom. The lowest BCUT2D eigenvalue weighted by atomic mass is 10.1. The largest absolute Gasteiger partial charge is 0.489 e. The Morgan fingerprint density at radius 1 is 1.16 bits per heavy atom. The average Bonchev–Trinajstić information content (AvgIpc) is 3.15. The van der Waals surface area contributed by atoms with E-state index in [4.69, 9.17) is 4.74 Å². The summed E-state index contributed by atoms with van der Waals surface area (Å²) in [4.78, 5) is 18.3. The number of ether oxygens (including phenoxy) is 1. The standard InChI is InChI=1S/C23H28F2N4O2.HI/c1-2-26-23(27-10-12-31-21-9-8-19(24)14-20(21)25)28-15-17-5-3-6-18(13-17)16-29-11-4-7-22(29)30;/h3,5-6,8-9,13-14H,2,4,7,10-12,15-16H2,1H3,(H2,26,27,28);1H. The van der Waals surface area contributed by atoms with E-state index in [1.54, 1.807) is 0 Å². The van der Waals surface area contributed by atoms with Crippen LogP contribution in [0.2, 0.25) is 0 Å². The van der Waals surface area contributed by atoms with Crippen LogP contribution in [0, 0.1) is 11.6 Å². The van der Waals surface area contributed by atoms with Gasteiger partial charge in [-0.05, 0) is 36.6 Å². The molecule has 1 amide bonds. The Bertz CT molecular complexity index is 927. The molecule has 0 unspecified atom stereocenters. The maximum atomic E-state index is 13.6. The first kappa shape index (κ1) is 25.8. The van der Waals surface area contributed by atoms with Crippen molar-refractivity contribution in [3.8, 4) is 5.75 Å². The molecule has 0 spiro atoms. The van der Waals surface area contributed by atoms with Gasteiger partial charge in [0, 0.05) is 32.1 Å². The number of rotatable bonds is 9. The molecule has 0 radical (unpaired) electrons. The van der Waals surface area contributed by atoms with Crippen LogP contribution in [0.4, 0.5) is 8.78 Å². The first-order chi connectivity index (χ1) is 15.0. The molecule has 1 aliphatic heterocycles. The van der Waals surface area contributed by atoms with Crippen LogP contribution < -0.4 is 15.4 Å². The Kier molecular flexibility index (Phi) is 10.6. The van der Waals surface area contributed by atoms with Crippen molar-refractivity contribution in [3.63, 3.8) is 0 Å². The first-order valence-electron chi connectivity index (χ1n) is 10.5. The highest BCUT2D eigenvalue weighted by atomic mass is 127. The zero-order valence-corrected chi connectivity index (χ0v) is 20.4. The molecule has 174 valence electrons. The van der Waals surface area contributed by atoms with Crippen molar-refractivity contribution >= 4 is 35.8 Å². The fraction of sp³-hybridized carbons (Fsp3) is 0.391. The predicted molar refractivity (Wildman–Crippen MR) is 131 cm³/mol. The minimum absolute atomic E-state index is 0. The second-order valence-corrected chi connectivity index (χ2v) is 7.28. The SMILES string of the molecule is CCNC(=NCc1cccc(CN2CCCC2=O)c1)NCCOc1ccc(F)cc1F.I. The summed E-state index contributed by atoms with van der Waals surface area (Å²) in [7, 11) is 0. The van der Waals surface area contributed by atoms with Gasteiger partial charge in [0.15, 0.2) is 17.5 Å². The first-order valence-corrected chi connectivity index (χ1v) is 10.5. The Hall–Kier alpha value is -2.43. The van der Waals surface area contributed by atoms with Crippen molar-refractivity contribution in [1.82, 2.24) is 15.5 Å². The van der Waals surface area contributed by atoms with Crippen molar-refractivity contribution < 1.29 is 18.3 Å². The molecule has 2 N–H and O–H groups in total. The number of carbonyl (C=O) groups is 1. The molecule has 1 fully saturated rings. The minimum atomic E-state index is -0.726. The van der Waals surface area contributed by atoms with E-state index in [9.17, 15) is 13.6 Å². The molecule has 0 bridgehead atoms. The molecule has 0 atom stereocenters. The molecular formula is C23H29F2IN4O2. The lowest BCUT2D eigenvalue weighted by Gasteiger charge is -2.16. The molecule has 0 saturated carbocycles. The summed E-state index contributed by atoms with van der Waals surface area (Å²) in [6.45, 7) is 5.19. The third-order valence-electron chi connectivity index (χ3n) is 4.85. The van der Waals surface area contributed by atoms with Crippen molar-refractivity contribution in [1.29, 1.82) is 0 Å². The number of hydrogen-bond acceptors (Lipinski definition) is 3. The third kappa shape index (κ3) is 7.92. The predicted octanol–water partition coefficient (Wildman–Crippen LogP) is 3.84. The minimum Gasteiger partial charge on any atom is -0.489 e. The van der Waals surface area contributed by atoms with Crippen LogP contribution in [0.5, 0.6) is 5.75 Å². The van der Waals surface area contributed by atoms with E-state index in [2.05, 4.69) is 21.7 Å². The van der Waals surface area contributed by atoms with Crippen LogP contribution in [0.25, 0.3) is 0 Å². The third-order valence-corrected chi connectivity index (χ3v) is 4.85. The van der Waals surface area contributed by atoms with E-state index < -0.39 is 11.6 Å². The second-order valence-electron chi connectivity index (χ2n) is 7.28. The molecule has 0 aliphatic carbocycles. The van der Waals surface area contributed by atoms with Crippen molar-refractivity contribution in [3.05, 3.63) is 65.2 Å². The highest BCUT2D eigenvalue weighted by molar-refractivity contribution is 14.0. The summed E-state index contributed by atoms with van der Waals surface area (Å²) in [5.41, 5.74) is 2.14. The summed E-state index contributed by atoms with van der Waals surface area (Å²) in [5.74, 6) is -0.522. The van der Waals surface area contributed by atoms with E-state index in [0.717, 1.165) is 36.2 Å². The highest BCUT2D eigenvalue weighted by Crippen LogP contribution is 2.17. The lowest BCUT2D eigenvalue weighted by molar-refractivity contribution is -0.128. The maximum absolute atomic E-state index is 13.6. The maximum Gasteiger partial charge on any atom is 0.222 e. The quantitative estimate of drug-likeness (QED) is 0.213. The zero-order valence-electron chi connectivity index (χ0n) is 18.1. The molecule has 2 aromatic carbocycles. The second kappa shape index (κ2) is 13.2. The number of halogens is 3. The molecule has 1 heterocycles. The van der Waals surface area contributed by atoms with E-state index in [1.807, 2.05) is 30.0 Å². The molecule has 0 aromatic heterocycles. The van der Waals surface area contributed by atoms with E-state index in [-0.39, 0.29) is 42.2 Å². The van der Waals surface area contributed by atoms with Gasteiger partial charge in [-0.2, -0.15) is 0 Å². The van der Waals surface area contributed by atoms with Gasteiger partial charge in [-0.1, -0.05) is 24.3 Å². The summed E-state index contributed by atoms with van der Waals surface area (Å²) < 4.78 is 31.9. The van der Waals surface area contributed by atoms with Crippen LogP contribution in [0.1, 0.15) is 30.9 Å². The average molecular weight is 558 g/mol. The number of benzene rings is 2. The molecule has 6 nitrogen and oxygen atoms in total. The van der Waals surface area contributed by atoms with Crippen molar-refractivity contribution in [2.24, 2.45) is 4.99 Å². The molecule has 3 rings (SSSR count). The van der Waals surface area contributed by atoms with Gasteiger partial charge in [0.1, 0.15) is 12.4 Å². The van der Waals surface area contributed by atoms with E-state index in [1.165, 1.54) is 6.07 Å². The molecule has 32 heavy (non-hydrogen) atoms. The van der Waals surface area contributed by atoms with Gasteiger partial charge in [-0.25, -0.2) is 13.8 Å². The Balaban J connectivity index is 0.00000363. The zero-order chi connectivity index (χ0) is 22.1. The van der Waals surface area contributed by atoms with Gasteiger partial charge in [-0.3, -0.25) is 4.79 Å². The summed E-state index contributed by atoms with van der Waals surface area (Å²) in [6.07, 6.45) is 1.57. The van der Waals surface area contributed by atoms with Crippen molar-refractivity contribution in [2.75, 3.05) is 26.2 Å². The number of hydrogen-bond donors (Lipinski definition) is 2. The van der Waals surface area contributed by atoms with Crippen LogP contribution in [-0.2, 0) is 17.9 Å². The normalized spacial score (nSPS) is 13.7. The van der Waals surface area contributed by atoms with Gasteiger partial charge in [0.05, 0.1) is 13.1 Å². The van der Waals surface area contributed by atoms with E-state index in [0.29, 0.717) is 38.6 Å². The molecule has 2 aromatic rings. The molecular weight excluding hydrogens is 529 g/mol. The lowest BCUT2D eigenvalue weighted by Crippen LogP contribution is -2.39. The Morgan fingerprint density at radius 3 is 2.69 bits per heavy atom. The van der Waals surface area contributed by atoms with Crippen LogP contribution in [0.3, 0.4) is 0 Å². The number of likely N-dealkylation sites (tertiary alicyclic amines) is 1. The fourth-order valence-corrected chi connectivity index (χ4v) is 3.35. The highest BCUT2D eigenvalue weighted by Gasteiger charge is 2.19. The topological polar surface area (TPSA) is 66.0 Å². The molecule has 1 saturated heterocycles. The molecule has 1 aliphatic rings. The number of nitrogens with one attached hydrogen (secondary N) is 2. The van der Waals surface area contributed by atoms with Crippen LogP contribution >= 0.6 is 24.0 Å². The Labute approximate surface area is 204 Å². The van der Waals surface area contributed by atoms with Gasteiger partial charge >= 0.3 is 0 Å². The number of nitrogens with zero attached hydrogens (tertiary/aromatic N) is 2. The van der Waals surface area contributed by atoms with Crippen LogP contribution in [0.15, 0.2) is 47.5 Å². The molecule has 9 heteroatoms. The van der Waals surface area contributed by atoms with Gasteiger partial charge in [0.25, 0.3) is 0 Å².